The van der Waals surface area contributed by atoms with Crippen molar-refractivity contribution in [2.24, 2.45) is 23.7 Å². The van der Waals surface area contributed by atoms with Gasteiger partial charge in [-0.1, -0.05) is 6.07 Å². The molecule has 5 rings (SSSR count). The third-order valence-electron chi connectivity index (χ3n) is 5.84. The smallest absolute Gasteiger partial charge is 0.319 e. The molecule has 6 heteroatoms. The average molecular weight is 315 g/mol. The predicted octanol–water partition coefficient (Wildman–Crippen LogP) is 3.54. The zero-order chi connectivity index (χ0) is 16.0. The van der Waals surface area contributed by atoms with Gasteiger partial charge in [0, 0.05) is 23.9 Å². The van der Waals surface area contributed by atoms with Crippen LogP contribution in [-0.4, -0.2) is 17.0 Å². The van der Waals surface area contributed by atoms with Crippen molar-refractivity contribution in [3.63, 3.8) is 0 Å². The van der Waals surface area contributed by atoms with Gasteiger partial charge in [0.1, 0.15) is 0 Å². The number of non-ortho nitro benzene ring substituents is 1. The van der Waals surface area contributed by atoms with Gasteiger partial charge in [-0.05, 0) is 61.8 Å². The Morgan fingerprint density at radius 1 is 1.09 bits per heavy atom. The molecule has 4 fully saturated rings. The Bertz CT molecular complexity index is 618. The van der Waals surface area contributed by atoms with Gasteiger partial charge in [-0.15, -0.1) is 0 Å². The minimum absolute atomic E-state index is 0.0163. The van der Waals surface area contributed by atoms with Gasteiger partial charge in [-0.25, -0.2) is 4.79 Å². The van der Waals surface area contributed by atoms with E-state index < -0.39 is 4.92 Å². The highest BCUT2D eigenvalue weighted by atomic mass is 16.6. The van der Waals surface area contributed by atoms with E-state index in [1.54, 1.807) is 12.1 Å². The summed E-state index contributed by atoms with van der Waals surface area (Å²) < 4.78 is 0. The van der Waals surface area contributed by atoms with Crippen LogP contribution in [0.15, 0.2) is 24.3 Å². The van der Waals surface area contributed by atoms with E-state index >= 15 is 0 Å². The normalized spacial score (nSPS) is 34.2. The SMILES string of the molecule is O=C(Nc1cccc([N+](=O)[O-])c1)NC1C2CC3CC(C2)CC1C3. The Hall–Kier alpha value is -2.11. The molecule has 1 aromatic carbocycles. The van der Waals surface area contributed by atoms with Crippen LogP contribution in [0.5, 0.6) is 0 Å². The van der Waals surface area contributed by atoms with Gasteiger partial charge in [0.15, 0.2) is 0 Å². The molecule has 2 N–H and O–H groups in total. The van der Waals surface area contributed by atoms with Gasteiger partial charge < -0.3 is 10.6 Å². The molecule has 4 saturated carbocycles. The monoisotopic (exact) mass is 315 g/mol. The number of benzene rings is 1. The molecule has 4 bridgehead atoms. The zero-order valence-corrected chi connectivity index (χ0v) is 12.9. The molecule has 0 spiro atoms. The molecule has 1 aromatic rings. The molecule has 6 nitrogen and oxygen atoms in total. The van der Waals surface area contributed by atoms with Crippen molar-refractivity contribution < 1.29 is 9.72 Å². The first-order chi connectivity index (χ1) is 11.1. The second kappa shape index (κ2) is 5.51. The summed E-state index contributed by atoms with van der Waals surface area (Å²) in [6, 6.07) is 6.07. The number of nitro benzene ring substituents is 1. The first kappa shape index (κ1) is 14.5. The summed E-state index contributed by atoms with van der Waals surface area (Å²) in [5.74, 6) is 2.97. The Labute approximate surface area is 134 Å². The third-order valence-corrected chi connectivity index (χ3v) is 5.84. The van der Waals surface area contributed by atoms with E-state index in [0.29, 0.717) is 17.5 Å². The first-order valence-corrected chi connectivity index (χ1v) is 8.40. The summed E-state index contributed by atoms with van der Waals surface area (Å²) in [4.78, 5) is 22.6. The number of nitro groups is 1. The Morgan fingerprint density at radius 2 is 1.74 bits per heavy atom. The Kier molecular flexibility index (Phi) is 3.47. The number of urea groups is 1. The Balaban J connectivity index is 1.40. The molecule has 0 heterocycles. The highest BCUT2D eigenvalue weighted by molar-refractivity contribution is 5.89. The van der Waals surface area contributed by atoms with Gasteiger partial charge >= 0.3 is 6.03 Å². The van der Waals surface area contributed by atoms with Gasteiger partial charge in [0.05, 0.1) is 4.92 Å². The number of rotatable bonds is 3. The second-order valence-corrected chi connectivity index (χ2v) is 7.36. The fourth-order valence-electron chi connectivity index (χ4n) is 5.18. The van der Waals surface area contributed by atoms with E-state index in [-0.39, 0.29) is 17.8 Å². The van der Waals surface area contributed by atoms with Crippen molar-refractivity contribution in [1.29, 1.82) is 0 Å². The van der Waals surface area contributed by atoms with E-state index in [1.165, 1.54) is 44.2 Å². The standard InChI is InChI=1S/C17H21N3O3/c21-17(18-14-2-1-3-15(9-14)20(22)23)19-16-12-5-10-4-11(7-12)8-13(16)6-10/h1-3,9-13,16H,4-8H2,(H2,18,19,21). The maximum Gasteiger partial charge on any atom is 0.319 e. The van der Waals surface area contributed by atoms with E-state index in [4.69, 9.17) is 0 Å². The summed E-state index contributed by atoms with van der Waals surface area (Å²) in [5.41, 5.74) is 0.443. The number of carbonyl (C=O) groups is 1. The van der Waals surface area contributed by atoms with Crippen LogP contribution >= 0.6 is 0 Å². The van der Waals surface area contributed by atoms with Crippen molar-refractivity contribution in [2.45, 2.75) is 38.1 Å². The quantitative estimate of drug-likeness (QED) is 0.661. The fraction of sp³-hybridized carbons (Fsp3) is 0.588. The van der Waals surface area contributed by atoms with Crippen LogP contribution in [0.1, 0.15) is 32.1 Å². The summed E-state index contributed by atoms with van der Waals surface area (Å²) in [6.07, 6.45) is 6.37. The number of hydrogen-bond acceptors (Lipinski definition) is 3. The van der Waals surface area contributed by atoms with Crippen LogP contribution in [0, 0.1) is 33.8 Å². The largest absolute Gasteiger partial charge is 0.335 e. The van der Waals surface area contributed by atoms with Gasteiger partial charge in [0.25, 0.3) is 5.69 Å². The van der Waals surface area contributed by atoms with Gasteiger partial charge in [-0.2, -0.15) is 0 Å². The summed E-state index contributed by atoms with van der Waals surface area (Å²) >= 11 is 0. The van der Waals surface area contributed by atoms with Crippen molar-refractivity contribution in [2.75, 3.05) is 5.32 Å². The molecular formula is C17H21N3O3. The van der Waals surface area contributed by atoms with Crippen molar-refractivity contribution in [1.82, 2.24) is 5.32 Å². The van der Waals surface area contributed by atoms with E-state index in [0.717, 1.165) is 11.8 Å². The molecule has 0 radical (unpaired) electrons. The average Bonchev–Trinajstić information content (AvgIpc) is 2.50. The minimum Gasteiger partial charge on any atom is -0.335 e. The number of hydrogen-bond donors (Lipinski definition) is 2. The highest BCUT2D eigenvalue weighted by Gasteiger charge is 2.48. The van der Waals surface area contributed by atoms with Crippen molar-refractivity contribution in [3.8, 4) is 0 Å². The predicted molar refractivity (Wildman–Crippen MR) is 86.1 cm³/mol. The summed E-state index contributed by atoms with van der Waals surface area (Å²) in [7, 11) is 0. The maximum atomic E-state index is 12.3. The van der Waals surface area contributed by atoms with Crippen LogP contribution in [-0.2, 0) is 0 Å². The van der Waals surface area contributed by atoms with E-state index in [2.05, 4.69) is 10.6 Å². The summed E-state index contributed by atoms with van der Waals surface area (Å²) in [6.45, 7) is 0. The molecule has 4 aliphatic carbocycles. The zero-order valence-electron chi connectivity index (χ0n) is 12.9. The van der Waals surface area contributed by atoms with Crippen molar-refractivity contribution in [3.05, 3.63) is 34.4 Å². The molecular weight excluding hydrogens is 294 g/mol. The lowest BCUT2D eigenvalue weighted by atomic mass is 9.54. The molecule has 4 aliphatic rings. The number of amides is 2. The molecule has 2 amide bonds. The summed E-state index contributed by atoms with van der Waals surface area (Å²) in [5, 5.41) is 16.7. The topological polar surface area (TPSA) is 84.3 Å². The van der Waals surface area contributed by atoms with Crippen LogP contribution in [0.25, 0.3) is 0 Å². The van der Waals surface area contributed by atoms with Crippen LogP contribution < -0.4 is 10.6 Å². The molecule has 23 heavy (non-hydrogen) atoms. The highest BCUT2D eigenvalue weighted by Crippen LogP contribution is 2.53. The second-order valence-electron chi connectivity index (χ2n) is 7.36. The number of nitrogens with zero attached hydrogens (tertiary/aromatic N) is 1. The number of nitrogens with one attached hydrogen (secondary N) is 2. The number of anilines is 1. The van der Waals surface area contributed by atoms with Crippen molar-refractivity contribution >= 4 is 17.4 Å². The molecule has 0 saturated heterocycles. The molecule has 0 unspecified atom stereocenters. The molecule has 122 valence electrons. The fourth-order valence-corrected chi connectivity index (χ4v) is 5.18. The molecule has 0 atom stereocenters. The lowest BCUT2D eigenvalue weighted by Crippen LogP contribution is -2.56. The van der Waals surface area contributed by atoms with Gasteiger partial charge in [0.2, 0.25) is 0 Å². The lowest BCUT2D eigenvalue weighted by Gasteiger charge is -2.54. The first-order valence-electron chi connectivity index (χ1n) is 8.40. The van der Waals surface area contributed by atoms with E-state index in [1.807, 2.05) is 0 Å². The van der Waals surface area contributed by atoms with Crippen LogP contribution in [0.4, 0.5) is 16.2 Å². The lowest BCUT2D eigenvalue weighted by molar-refractivity contribution is -0.384. The van der Waals surface area contributed by atoms with E-state index in [9.17, 15) is 14.9 Å². The maximum absolute atomic E-state index is 12.3. The molecule has 0 aliphatic heterocycles. The minimum atomic E-state index is -0.457. The van der Waals surface area contributed by atoms with Crippen LogP contribution in [0.3, 0.4) is 0 Å². The van der Waals surface area contributed by atoms with Crippen LogP contribution in [0.2, 0.25) is 0 Å². The number of carbonyl (C=O) groups excluding carboxylic acids is 1. The molecule has 0 aromatic heterocycles. The third kappa shape index (κ3) is 2.78. The Morgan fingerprint density at radius 3 is 2.35 bits per heavy atom. The van der Waals surface area contributed by atoms with Gasteiger partial charge in [-0.3, -0.25) is 10.1 Å².